The van der Waals surface area contributed by atoms with E-state index in [4.69, 9.17) is 18.8 Å². The first kappa shape index (κ1) is 24.5. The van der Waals surface area contributed by atoms with Crippen molar-refractivity contribution >= 4 is 18.7 Å². The highest BCUT2D eigenvalue weighted by atomic mass is 16.7. The van der Waals surface area contributed by atoms with Crippen molar-refractivity contribution in [1.29, 1.82) is 0 Å². The van der Waals surface area contributed by atoms with Gasteiger partial charge in [0.1, 0.15) is 6.61 Å². The molecule has 1 amide bonds. The summed E-state index contributed by atoms with van der Waals surface area (Å²) in [5.74, 6) is 1.01. The number of aryl methyl sites for hydroxylation is 1. The maximum absolute atomic E-state index is 12.4. The number of pyridine rings is 1. The lowest BCUT2D eigenvalue weighted by Crippen LogP contribution is -2.41. The molecule has 0 atom stereocenters. The fraction of sp³-hybridized carbons (Fsp3) is 0.538. The van der Waals surface area contributed by atoms with Crippen molar-refractivity contribution in [1.82, 2.24) is 9.88 Å². The van der Waals surface area contributed by atoms with E-state index in [-0.39, 0.29) is 17.3 Å². The smallest absolute Gasteiger partial charge is 0.477 e. The molecule has 0 bridgehead atoms. The summed E-state index contributed by atoms with van der Waals surface area (Å²) in [4.78, 5) is 18.7. The second-order valence-corrected chi connectivity index (χ2v) is 10.3. The number of carbonyl (C=O) groups is 1. The van der Waals surface area contributed by atoms with Crippen molar-refractivity contribution < 1.29 is 23.6 Å². The molecule has 0 spiro atoms. The summed E-state index contributed by atoms with van der Waals surface area (Å²) in [6.07, 6.45) is 3.28. The zero-order chi connectivity index (χ0) is 24.3. The molecule has 0 unspecified atom stereocenters. The van der Waals surface area contributed by atoms with Gasteiger partial charge in [-0.1, -0.05) is 36.4 Å². The van der Waals surface area contributed by atoms with E-state index in [9.17, 15) is 4.79 Å². The van der Waals surface area contributed by atoms with Crippen LogP contribution in [0.2, 0.25) is 0 Å². The predicted octanol–water partition coefficient (Wildman–Crippen LogP) is 4.12. The minimum atomic E-state index is -0.434. The van der Waals surface area contributed by atoms with Gasteiger partial charge in [0.25, 0.3) is 0 Å². The summed E-state index contributed by atoms with van der Waals surface area (Å²) in [5, 5.41) is 0. The molecule has 34 heavy (non-hydrogen) atoms. The lowest BCUT2D eigenvalue weighted by atomic mass is 9.80. The van der Waals surface area contributed by atoms with Gasteiger partial charge in [-0.25, -0.2) is 9.78 Å². The zero-order valence-corrected chi connectivity index (χ0v) is 20.9. The standard InChI is InChI=1S/C26H35BN2O5/c1-19-15-22(27-33-25(2,3)26(4,5)34-27)16-28-23(19)31-17-21-11-13-29(14-12-21)24(30)32-18-20-9-7-6-8-10-20/h6-10,15-16,21H,11-14,17-18H2,1-5H3. The Kier molecular flexibility index (Phi) is 7.19. The summed E-state index contributed by atoms with van der Waals surface area (Å²) in [6, 6.07) is 11.8. The molecule has 3 heterocycles. The Labute approximate surface area is 202 Å². The first-order valence-corrected chi connectivity index (χ1v) is 12.1. The molecule has 4 rings (SSSR count). The Morgan fingerprint density at radius 3 is 2.38 bits per heavy atom. The molecule has 1 aromatic heterocycles. The fourth-order valence-corrected chi connectivity index (χ4v) is 4.13. The molecule has 2 aromatic rings. The van der Waals surface area contributed by atoms with Crippen molar-refractivity contribution in [2.45, 2.75) is 65.3 Å². The molecule has 0 saturated carbocycles. The Bertz CT molecular complexity index is 974. The number of aromatic nitrogens is 1. The Morgan fingerprint density at radius 2 is 1.76 bits per heavy atom. The van der Waals surface area contributed by atoms with Gasteiger partial charge in [0.15, 0.2) is 0 Å². The zero-order valence-electron chi connectivity index (χ0n) is 20.9. The van der Waals surface area contributed by atoms with Crippen molar-refractivity contribution in [3.8, 4) is 5.88 Å². The number of benzene rings is 1. The lowest BCUT2D eigenvalue weighted by molar-refractivity contribution is 0.00578. The van der Waals surface area contributed by atoms with Crippen molar-refractivity contribution in [2.24, 2.45) is 5.92 Å². The average Bonchev–Trinajstić information content (AvgIpc) is 3.04. The molecular weight excluding hydrogens is 431 g/mol. The van der Waals surface area contributed by atoms with Gasteiger partial charge in [-0.2, -0.15) is 0 Å². The molecule has 7 nitrogen and oxygen atoms in total. The molecule has 0 radical (unpaired) electrons. The van der Waals surface area contributed by atoms with E-state index >= 15 is 0 Å². The highest BCUT2D eigenvalue weighted by Crippen LogP contribution is 2.36. The molecule has 182 valence electrons. The van der Waals surface area contributed by atoms with Gasteiger partial charge in [0.05, 0.1) is 17.8 Å². The minimum absolute atomic E-state index is 0.251. The van der Waals surface area contributed by atoms with Gasteiger partial charge in [-0.15, -0.1) is 0 Å². The van der Waals surface area contributed by atoms with Crippen LogP contribution >= 0.6 is 0 Å². The predicted molar refractivity (Wildman–Crippen MR) is 131 cm³/mol. The topological polar surface area (TPSA) is 70.1 Å². The molecule has 8 heteroatoms. The summed E-state index contributed by atoms with van der Waals surface area (Å²) in [6.45, 7) is 12.4. The molecule has 0 N–H and O–H groups in total. The van der Waals surface area contributed by atoms with Gasteiger partial charge in [-0.3, -0.25) is 0 Å². The van der Waals surface area contributed by atoms with E-state index in [0.717, 1.165) is 29.4 Å². The molecular formula is C26H35BN2O5. The van der Waals surface area contributed by atoms with Crippen LogP contribution in [0, 0.1) is 12.8 Å². The molecule has 2 fully saturated rings. The van der Waals surface area contributed by atoms with E-state index in [2.05, 4.69) is 4.98 Å². The van der Waals surface area contributed by atoms with Crippen LogP contribution in [0.15, 0.2) is 42.6 Å². The van der Waals surface area contributed by atoms with Crippen molar-refractivity contribution in [3.05, 3.63) is 53.7 Å². The summed E-state index contributed by atoms with van der Waals surface area (Å²) < 4.78 is 23.8. The molecule has 0 aliphatic carbocycles. The monoisotopic (exact) mass is 466 g/mol. The first-order chi connectivity index (χ1) is 16.1. The third-order valence-electron chi connectivity index (χ3n) is 7.11. The fourth-order valence-electron chi connectivity index (χ4n) is 4.13. The number of amides is 1. The van der Waals surface area contributed by atoms with Crippen LogP contribution in [-0.4, -0.2) is 54.0 Å². The minimum Gasteiger partial charge on any atom is -0.477 e. The average molecular weight is 466 g/mol. The van der Waals surface area contributed by atoms with E-state index in [1.54, 1.807) is 11.1 Å². The maximum Gasteiger partial charge on any atom is 0.496 e. The number of hydrogen-bond acceptors (Lipinski definition) is 6. The third kappa shape index (κ3) is 5.55. The second-order valence-electron chi connectivity index (χ2n) is 10.3. The van der Waals surface area contributed by atoms with Crippen LogP contribution in [-0.2, 0) is 20.7 Å². The van der Waals surface area contributed by atoms with Gasteiger partial charge in [-0.05, 0) is 58.9 Å². The van der Waals surface area contributed by atoms with Crippen LogP contribution in [0.5, 0.6) is 5.88 Å². The maximum atomic E-state index is 12.4. The molecule has 2 aliphatic rings. The van der Waals surface area contributed by atoms with Gasteiger partial charge in [0, 0.05) is 30.3 Å². The van der Waals surface area contributed by atoms with Gasteiger partial charge >= 0.3 is 13.2 Å². The Morgan fingerprint density at radius 1 is 1.12 bits per heavy atom. The molecule has 2 aliphatic heterocycles. The first-order valence-electron chi connectivity index (χ1n) is 12.1. The highest BCUT2D eigenvalue weighted by molar-refractivity contribution is 6.62. The number of likely N-dealkylation sites (tertiary alicyclic amines) is 1. The summed E-state index contributed by atoms with van der Waals surface area (Å²) in [7, 11) is -0.434. The Balaban J connectivity index is 1.23. The lowest BCUT2D eigenvalue weighted by Gasteiger charge is -2.32. The third-order valence-corrected chi connectivity index (χ3v) is 7.11. The van der Waals surface area contributed by atoms with Crippen LogP contribution in [0.3, 0.4) is 0 Å². The number of hydrogen-bond donors (Lipinski definition) is 0. The number of piperidine rings is 1. The van der Waals surface area contributed by atoms with Gasteiger partial charge in [0.2, 0.25) is 5.88 Å². The molecule has 2 saturated heterocycles. The quantitative estimate of drug-likeness (QED) is 0.597. The summed E-state index contributed by atoms with van der Waals surface area (Å²) >= 11 is 0. The number of ether oxygens (including phenoxy) is 2. The number of rotatable bonds is 6. The van der Waals surface area contributed by atoms with Crippen LogP contribution in [0.25, 0.3) is 0 Å². The second kappa shape index (κ2) is 9.96. The van der Waals surface area contributed by atoms with E-state index in [1.165, 1.54) is 0 Å². The number of nitrogens with zero attached hydrogens (tertiary/aromatic N) is 2. The van der Waals surface area contributed by atoms with E-state index in [1.807, 2.05) is 71.0 Å². The normalized spacial score (nSPS) is 19.8. The van der Waals surface area contributed by atoms with Crippen molar-refractivity contribution in [2.75, 3.05) is 19.7 Å². The van der Waals surface area contributed by atoms with Crippen molar-refractivity contribution in [3.63, 3.8) is 0 Å². The van der Waals surface area contributed by atoms with E-state index < -0.39 is 7.12 Å². The SMILES string of the molecule is Cc1cc(B2OC(C)(C)C(C)(C)O2)cnc1OCC1CCN(C(=O)OCc2ccccc2)CC1. The van der Waals surface area contributed by atoms with Crippen LogP contribution < -0.4 is 10.2 Å². The van der Waals surface area contributed by atoms with E-state index in [0.29, 0.717) is 38.1 Å². The largest absolute Gasteiger partial charge is 0.496 e. The van der Waals surface area contributed by atoms with Gasteiger partial charge < -0.3 is 23.7 Å². The summed E-state index contributed by atoms with van der Waals surface area (Å²) in [5.41, 5.74) is 2.07. The van der Waals surface area contributed by atoms with Crippen LogP contribution in [0.4, 0.5) is 4.79 Å². The highest BCUT2D eigenvalue weighted by Gasteiger charge is 2.51. The van der Waals surface area contributed by atoms with Crippen LogP contribution in [0.1, 0.15) is 51.7 Å². The number of carbonyl (C=O) groups excluding carboxylic acids is 1. The molecule has 1 aromatic carbocycles. The Hall–Kier alpha value is -2.58.